The van der Waals surface area contributed by atoms with Gasteiger partial charge in [0.05, 0.1) is 25.5 Å². The van der Waals surface area contributed by atoms with Gasteiger partial charge in [-0.2, -0.15) is 5.26 Å². The second kappa shape index (κ2) is 6.37. The van der Waals surface area contributed by atoms with Crippen LogP contribution >= 0.6 is 0 Å². The van der Waals surface area contributed by atoms with Crippen LogP contribution in [-0.4, -0.2) is 22.6 Å². The molecule has 0 radical (unpaired) electrons. The molecule has 7 heteroatoms. The van der Waals surface area contributed by atoms with Gasteiger partial charge in [0.25, 0.3) is 10.0 Å². The van der Waals surface area contributed by atoms with E-state index in [1.807, 2.05) is 6.07 Å². The average Bonchev–Trinajstić information content (AvgIpc) is 2.54. The summed E-state index contributed by atoms with van der Waals surface area (Å²) < 4.78 is 37.5. The predicted molar refractivity (Wildman–Crippen MR) is 81.5 cm³/mol. The molecule has 2 rings (SSSR count). The normalized spacial score (nSPS) is 10.6. The summed E-state index contributed by atoms with van der Waals surface area (Å²) in [5.74, 6) is 0.888. The Balaban J connectivity index is 2.39. The second-order valence-corrected chi connectivity index (χ2v) is 5.93. The first-order chi connectivity index (χ1) is 10.5. The molecule has 0 bridgehead atoms. The van der Waals surface area contributed by atoms with Gasteiger partial charge in [0.2, 0.25) is 0 Å². The molecule has 0 unspecified atom stereocenters. The fourth-order valence-corrected chi connectivity index (χ4v) is 3.11. The summed E-state index contributed by atoms with van der Waals surface area (Å²) in [4.78, 5) is -0.0766. The maximum absolute atomic E-state index is 12.4. The van der Waals surface area contributed by atoms with Crippen molar-refractivity contribution < 1.29 is 17.9 Å². The van der Waals surface area contributed by atoms with Gasteiger partial charge in [0, 0.05) is 6.07 Å². The van der Waals surface area contributed by atoms with Gasteiger partial charge < -0.3 is 9.47 Å². The Kier molecular flexibility index (Phi) is 4.53. The predicted octanol–water partition coefficient (Wildman–Crippen LogP) is 2.38. The van der Waals surface area contributed by atoms with Crippen LogP contribution in [0.4, 0.5) is 5.69 Å². The van der Waals surface area contributed by atoms with E-state index in [1.54, 1.807) is 24.3 Å². The van der Waals surface area contributed by atoms with Crippen LogP contribution in [-0.2, 0) is 10.0 Å². The van der Waals surface area contributed by atoms with E-state index >= 15 is 0 Å². The van der Waals surface area contributed by atoms with Gasteiger partial charge in [0.1, 0.15) is 11.0 Å². The topological polar surface area (TPSA) is 88.4 Å². The minimum atomic E-state index is -3.87. The lowest BCUT2D eigenvalue weighted by molar-refractivity contribution is 0.355. The van der Waals surface area contributed by atoms with Crippen LogP contribution in [0.5, 0.6) is 11.5 Å². The van der Waals surface area contributed by atoms with Crippen LogP contribution in [0, 0.1) is 11.3 Å². The van der Waals surface area contributed by atoms with Gasteiger partial charge in [-0.25, -0.2) is 8.42 Å². The number of nitriles is 1. The molecular formula is C15H14N2O4S. The molecule has 2 aromatic rings. The SMILES string of the molecule is COc1ccc(NS(=O)(=O)c2ccccc2C#N)cc1OC. The minimum Gasteiger partial charge on any atom is -0.493 e. The first-order valence-corrected chi connectivity index (χ1v) is 7.74. The second-order valence-electron chi connectivity index (χ2n) is 4.28. The number of hydrogen-bond acceptors (Lipinski definition) is 5. The molecule has 0 aliphatic carbocycles. The summed E-state index contributed by atoms with van der Waals surface area (Å²) >= 11 is 0. The lowest BCUT2D eigenvalue weighted by Crippen LogP contribution is -2.14. The molecule has 114 valence electrons. The molecule has 0 aliphatic rings. The summed E-state index contributed by atoms with van der Waals surface area (Å²) in [7, 11) is -0.919. The van der Waals surface area contributed by atoms with Crippen molar-refractivity contribution in [2.45, 2.75) is 4.90 Å². The summed E-state index contributed by atoms with van der Waals surface area (Å²) in [6.07, 6.45) is 0. The Morgan fingerprint density at radius 3 is 2.36 bits per heavy atom. The number of sulfonamides is 1. The quantitative estimate of drug-likeness (QED) is 0.914. The fraction of sp³-hybridized carbons (Fsp3) is 0.133. The maximum atomic E-state index is 12.4. The van der Waals surface area contributed by atoms with Crippen molar-refractivity contribution in [1.82, 2.24) is 0 Å². The molecule has 0 heterocycles. The molecule has 22 heavy (non-hydrogen) atoms. The van der Waals surface area contributed by atoms with Crippen molar-refractivity contribution >= 4 is 15.7 Å². The van der Waals surface area contributed by atoms with Crippen LogP contribution in [0.2, 0.25) is 0 Å². The smallest absolute Gasteiger partial charge is 0.263 e. The Morgan fingerprint density at radius 1 is 1.05 bits per heavy atom. The molecular weight excluding hydrogens is 304 g/mol. The van der Waals surface area contributed by atoms with E-state index in [4.69, 9.17) is 14.7 Å². The Hall–Kier alpha value is -2.72. The van der Waals surface area contributed by atoms with Gasteiger partial charge in [-0.1, -0.05) is 12.1 Å². The van der Waals surface area contributed by atoms with Crippen molar-refractivity contribution in [2.75, 3.05) is 18.9 Å². The molecule has 0 fully saturated rings. The fourth-order valence-electron chi connectivity index (χ4n) is 1.90. The zero-order valence-corrected chi connectivity index (χ0v) is 12.8. The Bertz CT molecular complexity index is 826. The number of methoxy groups -OCH3 is 2. The molecule has 0 aliphatic heterocycles. The molecule has 0 spiro atoms. The number of nitrogens with one attached hydrogen (secondary N) is 1. The molecule has 2 aromatic carbocycles. The van der Waals surface area contributed by atoms with E-state index in [0.29, 0.717) is 17.2 Å². The summed E-state index contributed by atoms with van der Waals surface area (Å²) in [5.41, 5.74) is 0.390. The lowest BCUT2D eigenvalue weighted by atomic mass is 10.2. The first kappa shape index (κ1) is 15.7. The maximum Gasteiger partial charge on any atom is 0.263 e. The zero-order chi connectivity index (χ0) is 16.2. The number of anilines is 1. The Morgan fingerprint density at radius 2 is 1.73 bits per heavy atom. The summed E-state index contributed by atoms with van der Waals surface area (Å²) in [6, 6.07) is 12.5. The highest BCUT2D eigenvalue weighted by Crippen LogP contribution is 2.31. The third kappa shape index (κ3) is 3.13. The van der Waals surface area contributed by atoms with Crippen molar-refractivity contribution in [3.8, 4) is 17.6 Å². The highest BCUT2D eigenvalue weighted by molar-refractivity contribution is 7.92. The van der Waals surface area contributed by atoms with E-state index in [-0.39, 0.29) is 10.5 Å². The van der Waals surface area contributed by atoms with Gasteiger partial charge in [-0.05, 0) is 24.3 Å². The van der Waals surface area contributed by atoms with Crippen LogP contribution in [0.15, 0.2) is 47.4 Å². The van der Waals surface area contributed by atoms with E-state index in [1.165, 1.54) is 32.4 Å². The van der Waals surface area contributed by atoms with Crippen LogP contribution in [0.3, 0.4) is 0 Å². The van der Waals surface area contributed by atoms with Gasteiger partial charge in [0.15, 0.2) is 11.5 Å². The van der Waals surface area contributed by atoms with E-state index in [0.717, 1.165) is 0 Å². The minimum absolute atomic E-state index is 0.0766. The number of ether oxygens (including phenoxy) is 2. The third-order valence-corrected chi connectivity index (χ3v) is 4.37. The Labute approximate surface area is 129 Å². The molecule has 0 saturated heterocycles. The van der Waals surface area contributed by atoms with Crippen LogP contribution in [0.25, 0.3) is 0 Å². The number of rotatable bonds is 5. The zero-order valence-electron chi connectivity index (χ0n) is 12.0. The van der Waals surface area contributed by atoms with E-state index in [2.05, 4.69) is 4.72 Å². The third-order valence-electron chi connectivity index (χ3n) is 2.93. The molecule has 1 N–H and O–H groups in total. The molecule has 0 amide bonds. The highest BCUT2D eigenvalue weighted by atomic mass is 32.2. The highest BCUT2D eigenvalue weighted by Gasteiger charge is 2.19. The monoisotopic (exact) mass is 318 g/mol. The molecule has 0 aromatic heterocycles. The summed E-state index contributed by atoms with van der Waals surface area (Å²) in [6.45, 7) is 0. The number of benzene rings is 2. The van der Waals surface area contributed by atoms with Crippen molar-refractivity contribution in [3.05, 3.63) is 48.0 Å². The van der Waals surface area contributed by atoms with Crippen LogP contribution < -0.4 is 14.2 Å². The number of nitrogens with zero attached hydrogens (tertiary/aromatic N) is 1. The van der Waals surface area contributed by atoms with Crippen molar-refractivity contribution in [3.63, 3.8) is 0 Å². The molecule has 0 saturated carbocycles. The summed E-state index contributed by atoms with van der Waals surface area (Å²) in [5, 5.41) is 9.02. The van der Waals surface area contributed by atoms with Gasteiger partial charge in [-0.15, -0.1) is 0 Å². The number of hydrogen-bond donors (Lipinski definition) is 1. The van der Waals surface area contributed by atoms with Crippen LogP contribution in [0.1, 0.15) is 5.56 Å². The van der Waals surface area contributed by atoms with Crippen molar-refractivity contribution in [2.24, 2.45) is 0 Å². The van der Waals surface area contributed by atoms with Gasteiger partial charge in [-0.3, -0.25) is 4.72 Å². The van der Waals surface area contributed by atoms with Crippen molar-refractivity contribution in [1.29, 1.82) is 5.26 Å². The van der Waals surface area contributed by atoms with E-state index in [9.17, 15) is 8.42 Å². The first-order valence-electron chi connectivity index (χ1n) is 6.26. The van der Waals surface area contributed by atoms with E-state index < -0.39 is 10.0 Å². The standard InChI is InChI=1S/C15H14N2O4S/c1-20-13-8-7-12(9-14(13)21-2)17-22(18,19)15-6-4-3-5-11(15)10-16/h3-9,17H,1-2H3. The lowest BCUT2D eigenvalue weighted by Gasteiger charge is -2.12. The molecule has 6 nitrogen and oxygen atoms in total. The molecule has 0 atom stereocenters. The van der Waals surface area contributed by atoms with Gasteiger partial charge >= 0.3 is 0 Å². The average molecular weight is 318 g/mol. The largest absolute Gasteiger partial charge is 0.493 e.